The second-order valence-corrected chi connectivity index (χ2v) is 5.64. The highest BCUT2D eigenvalue weighted by Crippen LogP contribution is 2.16. The molecule has 1 saturated heterocycles. The fourth-order valence-electron chi connectivity index (χ4n) is 2.75. The molecule has 2 aromatic rings. The summed E-state index contributed by atoms with van der Waals surface area (Å²) in [6.07, 6.45) is 5.47. The van der Waals surface area contributed by atoms with E-state index in [4.69, 9.17) is 4.74 Å². The molecule has 5 heteroatoms. The van der Waals surface area contributed by atoms with Crippen LogP contribution in [0.4, 0.5) is 0 Å². The summed E-state index contributed by atoms with van der Waals surface area (Å²) >= 11 is 0. The van der Waals surface area contributed by atoms with Gasteiger partial charge in [-0.2, -0.15) is 0 Å². The van der Waals surface area contributed by atoms with Crippen LogP contribution in [-0.4, -0.2) is 46.6 Å². The lowest BCUT2D eigenvalue weighted by molar-refractivity contribution is 0.0538. The molecular formula is C18H21N3O2. The molecule has 5 nitrogen and oxygen atoms in total. The topological polar surface area (TPSA) is 55.3 Å². The quantitative estimate of drug-likeness (QED) is 0.852. The zero-order valence-electron chi connectivity index (χ0n) is 13.3. The van der Waals surface area contributed by atoms with Gasteiger partial charge in [0, 0.05) is 37.7 Å². The van der Waals surface area contributed by atoms with E-state index in [0.717, 1.165) is 25.0 Å². The molecule has 0 radical (unpaired) electrons. The van der Waals surface area contributed by atoms with E-state index in [0.29, 0.717) is 24.5 Å². The molecule has 1 amide bonds. The standard InChI is InChI=1S/C18H21N3O2/c1-2-21(13-16-9-6-10-23-16)18(22)15-11-19-17(20-12-15)14-7-4-3-5-8-14/h3-5,7-8,11-12,16H,2,6,9-10,13H2,1H3. The number of hydrogen-bond acceptors (Lipinski definition) is 4. The van der Waals surface area contributed by atoms with Crippen LogP contribution in [0.15, 0.2) is 42.7 Å². The van der Waals surface area contributed by atoms with Gasteiger partial charge in [0.1, 0.15) is 0 Å². The minimum atomic E-state index is -0.0392. The van der Waals surface area contributed by atoms with Crippen molar-refractivity contribution in [1.82, 2.24) is 14.9 Å². The molecule has 1 aliphatic heterocycles. The van der Waals surface area contributed by atoms with Crippen molar-refractivity contribution in [2.45, 2.75) is 25.9 Å². The number of nitrogens with zero attached hydrogens (tertiary/aromatic N) is 3. The maximum absolute atomic E-state index is 12.6. The largest absolute Gasteiger partial charge is 0.376 e. The van der Waals surface area contributed by atoms with E-state index in [1.165, 1.54) is 0 Å². The van der Waals surface area contributed by atoms with Gasteiger partial charge in [0.05, 0.1) is 11.7 Å². The number of likely N-dealkylation sites (N-methyl/N-ethyl adjacent to an activating group) is 1. The van der Waals surface area contributed by atoms with Crippen LogP contribution in [0.2, 0.25) is 0 Å². The van der Waals surface area contributed by atoms with Gasteiger partial charge in [-0.05, 0) is 19.8 Å². The predicted octanol–water partition coefficient (Wildman–Crippen LogP) is 2.78. The lowest BCUT2D eigenvalue weighted by Gasteiger charge is -2.23. The summed E-state index contributed by atoms with van der Waals surface area (Å²) in [5.74, 6) is 0.590. The smallest absolute Gasteiger partial charge is 0.257 e. The Kier molecular flexibility index (Phi) is 4.98. The number of ether oxygens (including phenoxy) is 1. The summed E-state index contributed by atoms with van der Waals surface area (Å²) in [6.45, 7) is 4.06. The third-order valence-corrected chi connectivity index (χ3v) is 4.05. The van der Waals surface area contributed by atoms with Gasteiger partial charge in [0.2, 0.25) is 0 Å². The summed E-state index contributed by atoms with van der Waals surface area (Å²) in [5, 5.41) is 0. The Morgan fingerprint density at radius 2 is 2.00 bits per heavy atom. The van der Waals surface area contributed by atoms with E-state index in [1.807, 2.05) is 37.3 Å². The molecule has 3 rings (SSSR count). The van der Waals surface area contributed by atoms with E-state index >= 15 is 0 Å². The first kappa shape index (κ1) is 15.6. The maximum atomic E-state index is 12.6. The minimum Gasteiger partial charge on any atom is -0.376 e. The van der Waals surface area contributed by atoms with Gasteiger partial charge in [-0.3, -0.25) is 4.79 Å². The molecule has 0 bridgehead atoms. The monoisotopic (exact) mass is 311 g/mol. The Balaban J connectivity index is 1.71. The number of amides is 1. The van der Waals surface area contributed by atoms with Crippen LogP contribution < -0.4 is 0 Å². The summed E-state index contributed by atoms with van der Waals surface area (Å²) in [7, 11) is 0. The number of carbonyl (C=O) groups excluding carboxylic acids is 1. The normalized spacial score (nSPS) is 17.2. The van der Waals surface area contributed by atoms with Crippen LogP contribution in [0, 0.1) is 0 Å². The Labute approximate surface area is 136 Å². The molecule has 1 atom stereocenters. The maximum Gasteiger partial charge on any atom is 0.257 e. The molecule has 0 aliphatic carbocycles. The summed E-state index contributed by atoms with van der Waals surface area (Å²) in [6, 6.07) is 9.74. The first-order valence-electron chi connectivity index (χ1n) is 8.06. The Hall–Kier alpha value is -2.27. The molecule has 2 heterocycles. The van der Waals surface area contributed by atoms with Crippen molar-refractivity contribution >= 4 is 5.91 Å². The molecule has 1 aliphatic rings. The van der Waals surface area contributed by atoms with Crippen LogP contribution >= 0.6 is 0 Å². The molecule has 0 N–H and O–H groups in total. The van der Waals surface area contributed by atoms with Crippen LogP contribution in [0.3, 0.4) is 0 Å². The van der Waals surface area contributed by atoms with Crippen molar-refractivity contribution < 1.29 is 9.53 Å². The molecule has 1 fully saturated rings. The second kappa shape index (κ2) is 7.33. The molecule has 120 valence electrons. The van der Waals surface area contributed by atoms with Gasteiger partial charge in [0.15, 0.2) is 5.82 Å². The van der Waals surface area contributed by atoms with Crippen LogP contribution in [0.1, 0.15) is 30.1 Å². The average Bonchev–Trinajstić information content (AvgIpc) is 3.13. The van der Waals surface area contributed by atoms with Crippen molar-refractivity contribution in [3.05, 3.63) is 48.3 Å². The van der Waals surface area contributed by atoms with Crippen molar-refractivity contribution in [1.29, 1.82) is 0 Å². The Morgan fingerprint density at radius 3 is 2.61 bits per heavy atom. The highest BCUT2D eigenvalue weighted by molar-refractivity contribution is 5.93. The number of carbonyl (C=O) groups is 1. The van der Waals surface area contributed by atoms with Crippen molar-refractivity contribution in [2.75, 3.05) is 19.7 Å². The SMILES string of the molecule is CCN(CC1CCCO1)C(=O)c1cnc(-c2ccccc2)nc1. The molecule has 23 heavy (non-hydrogen) atoms. The van der Waals surface area contributed by atoms with Gasteiger partial charge in [-0.1, -0.05) is 30.3 Å². The zero-order valence-corrected chi connectivity index (χ0v) is 13.3. The fourth-order valence-corrected chi connectivity index (χ4v) is 2.75. The first-order valence-corrected chi connectivity index (χ1v) is 8.06. The van der Waals surface area contributed by atoms with Gasteiger partial charge in [-0.25, -0.2) is 9.97 Å². The first-order chi connectivity index (χ1) is 11.3. The van der Waals surface area contributed by atoms with Crippen LogP contribution in [0.25, 0.3) is 11.4 Å². The molecule has 0 spiro atoms. The van der Waals surface area contributed by atoms with Crippen molar-refractivity contribution in [2.24, 2.45) is 0 Å². The molecule has 1 aromatic carbocycles. The van der Waals surface area contributed by atoms with Crippen LogP contribution in [-0.2, 0) is 4.74 Å². The van der Waals surface area contributed by atoms with E-state index in [-0.39, 0.29) is 12.0 Å². The molecule has 1 unspecified atom stereocenters. The van der Waals surface area contributed by atoms with Gasteiger partial charge in [-0.15, -0.1) is 0 Å². The van der Waals surface area contributed by atoms with Gasteiger partial charge < -0.3 is 9.64 Å². The molecular weight excluding hydrogens is 290 g/mol. The van der Waals surface area contributed by atoms with Gasteiger partial charge in [0.25, 0.3) is 5.91 Å². The fraction of sp³-hybridized carbons (Fsp3) is 0.389. The lowest BCUT2D eigenvalue weighted by atomic mass is 10.2. The summed E-state index contributed by atoms with van der Waals surface area (Å²) < 4.78 is 5.62. The van der Waals surface area contributed by atoms with E-state index in [2.05, 4.69) is 9.97 Å². The highest BCUT2D eigenvalue weighted by atomic mass is 16.5. The second-order valence-electron chi connectivity index (χ2n) is 5.64. The zero-order chi connectivity index (χ0) is 16.1. The number of aromatic nitrogens is 2. The summed E-state index contributed by atoms with van der Waals surface area (Å²) in [4.78, 5) is 23.1. The van der Waals surface area contributed by atoms with Crippen molar-refractivity contribution in [3.63, 3.8) is 0 Å². The number of hydrogen-bond donors (Lipinski definition) is 0. The molecule has 1 aromatic heterocycles. The minimum absolute atomic E-state index is 0.0392. The van der Waals surface area contributed by atoms with E-state index in [1.54, 1.807) is 17.3 Å². The number of rotatable bonds is 5. The van der Waals surface area contributed by atoms with E-state index < -0.39 is 0 Å². The summed E-state index contributed by atoms with van der Waals surface area (Å²) in [5.41, 5.74) is 1.46. The lowest BCUT2D eigenvalue weighted by Crippen LogP contribution is -2.37. The van der Waals surface area contributed by atoms with E-state index in [9.17, 15) is 4.79 Å². The predicted molar refractivity (Wildman–Crippen MR) is 88.0 cm³/mol. The third-order valence-electron chi connectivity index (χ3n) is 4.05. The Morgan fingerprint density at radius 1 is 1.26 bits per heavy atom. The van der Waals surface area contributed by atoms with Crippen molar-refractivity contribution in [3.8, 4) is 11.4 Å². The van der Waals surface area contributed by atoms with Gasteiger partial charge >= 0.3 is 0 Å². The third kappa shape index (κ3) is 3.74. The number of benzene rings is 1. The molecule has 0 saturated carbocycles. The average molecular weight is 311 g/mol. The van der Waals surface area contributed by atoms with Crippen LogP contribution in [0.5, 0.6) is 0 Å². The highest BCUT2D eigenvalue weighted by Gasteiger charge is 2.22. The Bertz CT molecular complexity index is 637.